The van der Waals surface area contributed by atoms with Gasteiger partial charge in [-0.05, 0) is 13.8 Å². The van der Waals surface area contributed by atoms with Gasteiger partial charge in [0.05, 0.1) is 29.7 Å². The minimum absolute atomic E-state index is 0.0523. The second-order valence-corrected chi connectivity index (χ2v) is 4.22. The van der Waals surface area contributed by atoms with Gasteiger partial charge in [-0.2, -0.15) is 5.10 Å². The number of hydrogen-bond donors (Lipinski definition) is 1. The van der Waals surface area contributed by atoms with Crippen LogP contribution in [0.15, 0.2) is 18.7 Å². The minimum atomic E-state index is -0.543. The molecule has 0 amide bonds. The highest BCUT2D eigenvalue weighted by molar-refractivity contribution is 5.51. The number of rotatable bonds is 4. The van der Waals surface area contributed by atoms with E-state index in [2.05, 4.69) is 10.1 Å². The first-order chi connectivity index (χ1) is 8.50. The molecule has 0 saturated heterocycles. The van der Waals surface area contributed by atoms with E-state index in [1.165, 1.54) is 4.68 Å². The summed E-state index contributed by atoms with van der Waals surface area (Å²) in [5.41, 5.74) is 6.40. The molecular weight excluding hydrogens is 236 g/mol. The first-order valence-electron chi connectivity index (χ1n) is 5.47. The summed E-state index contributed by atoms with van der Waals surface area (Å²) in [4.78, 5) is 14.2. The lowest BCUT2D eigenvalue weighted by molar-refractivity contribution is -0.384. The smallest absolute Gasteiger partial charge is 0.330 e. The Kier molecular flexibility index (Phi) is 3.00. The van der Waals surface area contributed by atoms with Crippen LogP contribution in [-0.2, 0) is 6.54 Å². The Morgan fingerprint density at radius 3 is 2.78 bits per heavy atom. The first-order valence-corrected chi connectivity index (χ1v) is 5.47. The summed E-state index contributed by atoms with van der Waals surface area (Å²) >= 11 is 0. The highest BCUT2D eigenvalue weighted by Crippen LogP contribution is 2.21. The van der Waals surface area contributed by atoms with Crippen molar-refractivity contribution in [1.82, 2.24) is 19.3 Å². The maximum Gasteiger partial charge on any atom is 0.330 e. The molecule has 2 rings (SSSR count). The quantitative estimate of drug-likeness (QED) is 0.648. The standard InChI is InChI=1S/C10H14N6O2/c1-7(2)14-6-12-3-8(14)5-15-10(11)9(4-13-15)16(17)18/h3-4,6-7H,5,11H2,1-2H3. The van der Waals surface area contributed by atoms with Gasteiger partial charge in [-0.3, -0.25) is 10.1 Å². The zero-order valence-electron chi connectivity index (χ0n) is 10.1. The van der Waals surface area contributed by atoms with Crippen LogP contribution in [0.25, 0.3) is 0 Å². The second-order valence-electron chi connectivity index (χ2n) is 4.22. The van der Waals surface area contributed by atoms with Gasteiger partial charge in [0, 0.05) is 6.04 Å². The first kappa shape index (κ1) is 12.1. The largest absolute Gasteiger partial charge is 0.378 e. The van der Waals surface area contributed by atoms with E-state index in [0.717, 1.165) is 11.9 Å². The Labute approximate surface area is 103 Å². The molecule has 0 bridgehead atoms. The number of nitrogen functional groups attached to an aromatic ring is 1. The van der Waals surface area contributed by atoms with Crippen LogP contribution in [0.5, 0.6) is 0 Å². The van der Waals surface area contributed by atoms with Crippen molar-refractivity contribution in [3.63, 3.8) is 0 Å². The maximum atomic E-state index is 10.7. The third-order valence-corrected chi connectivity index (χ3v) is 2.67. The van der Waals surface area contributed by atoms with Gasteiger partial charge in [0.1, 0.15) is 6.20 Å². The molecule has 0 aromatic carbocycles. The summed E-state index contributed by atoms with van der Waals surface area (Å²) in [7, 11) is 0. The lowest BCUT2D eigenvalue weighted by atomic mass is 10.3. The number of aromatic nitrogens is 4. The van der Waals surface area contributed by atoms with Gasteiger partial charge in [0.15, 0.2) is 0 Å². The Morgan fingerprint density at radius 2 is 2.22 bits per heavy atom. The van der Waals surface area contributed by atoms with Crippen LogP contribution in [0.2, 0.25) is 0 Å². The van der Waals surface area contributed by atoms with Crippen molar-refractivity contribution in [1.29, 1.82) is 0 Å². The molecule has 0 aliphatic carbocycles. The number of imidazole rings is 1. The molecular formula is C10H14N6O2. The molecule has 0 spiro atoms. The van der Waals surface area contributed by atoms with Crippen LogP contribution in [0, 0.1) is 10.1 Å². The Bertz CT molecular complexity index is 571. The van der Waals surface area contributed by atoms with Crippen molar-refractivity contribution in [2.45, 2.75) is 26.4 Å². The van der Waals surface area contributed by atoms with Crippen molar-refractivity contribution in [3.05, 3.63) is 34.5 Å². The monoisotopic (exact) mass is 250 g/mol. The lowest BCUT2D eigenvalue weighted by Crippen LogP contribution is -2.11. The summed E-state index contributed by atoms with van der Waals surface area (Å²) in [5.74, 6) is 0.0523. The van der Waals surface area contributed by atoms with Gasteiger partial charge >= 0.3 is 5.69 Å². The van der Waals surface area contributed by atoms with E-state index in [0.29, 0.717) is 6.54 Å². The van der Waals surface area contributed by atoms with Gasteiger partial charge in [0.2, 0.25) is 5.82 Å². The van der Waals surface area contributed by atoms with E-state index in [-0.39, 0.29) is 17.5 Å². The van der Waals surface area contributed by atoms with Crippen LogP contribution in [0.3, 0.4) is 0 Å². The van der Waals surface area contributed by atoms with Gasteiger partial charge in [-0.15, -0.1) is 0 Å². The fraction of sp³-hybridized carbons (Fsp3) is 0.400. The van der Waals surface area contributed by atoms with Crippen LogP contribution >= 0.6 is 0 Å². The molecule has 0 aliphatic rings. The topological polar surface area (TPSA) is 105 Å². The molecule has 0 unspecified atom stereocenters. The molecule has 0 saturated carbocycles. The summed E-state index contributed by atoms with van der Waals surface area (Å²) in [6.45, 7) is 4.41. The van der Waals surface area contributed by atoms with E-state index < -0.39 is 4.92 Å². The zero-order chi connectivity index (χ0) is 13.3. The molecule has 8 nitrogen and oxygen atoms in total. The molecule has 8 heteroatoms. The molecule has 0 fully saturated rings. The molecule has 0 radical (unpaired) electrons. The summed E-state index contributed by atoms with van der Waals surface area (Å²) < 4.78 is 3.36. The molecule has 2 heterocycles. The number of nitrogens with two attached hydrogens (primary N) is 1. The Hall–Kier alpha value is -2.38. The van der Waals surface area contributed by atoms with E-state index in [1.807, 2.05) is 18.4 Å². The van der Waals surface area contributed by atoms with Crippen molar-refractivity contribution in [2.24, 2.45) is 0 Å². The third kappa shape index (κ3) is 2.04. The molecule has 2 N–H and O–H groups in total. The Morgan fingerprint density at radius 1 is 1.50 bits per heavy atom. The van der Waals surface area contributed by atoms with Gasteiger partial charge in [-0.1, -0.05) is 0 Å². The highest BCUT2D eigenvalue weighted by atomic mass is 16.6. The minimum Gasteiger partial charge on any atom is -0.378 e. The van der Waals surface area contributed by atoms with Crippen molar-refractivity contribution in [3.8, 4) is 0 Å². The van der Waals surface area contributed by atoms with Crippen molar-refractivity contribution >= 4 is 11.5 Å². The SMILES string of the molecule is CC(C)n1cncc1Cn1ncc([N+](=O)[O-])c1N. The zero-order valence-corrected chi connectivity index (χ0v) is 10.1. The summed E-state index contributed by atoms with van der Waals surface area (Å²) in [5, 5.41) is 14.6. The second kappa shape index (κ2) is 4.47. The van der Waals surface area contributed by atoms with Crippen LogP contribution < -0.4 is 5.73 Å². The Balaban J connectivity index is 2.29. The number of hydrogen-bond acceptors (Lipinski definition) is 5. The lowest BCUT2D eigenvalue weighted by Gasteiger charge is -2.11. The highest BCUT2D eigenvalue weighted by Gasteiger charge is 2.18. The van der Waals surface area contributed by atoms with E-state index in [4.69, 9.17) is 5.73 Å². The van der Waals surface area contributed by atoms with Crippen molar-refractivity contribution < 1.29 is 4.92 Å². The molecule has 18 heavy (non-hydrogen) atoms. The average Bonchev–Trinajstić information content (AvgIpc) is 2.87. The van der Waals surface area contributed by atoms with Crippen LogP contribution in [-0.4, -0.2) is 24.3 Å². The number of nitro groups is 1. The van der Waals surface area contributed by atoms with Gasteiger partial charge < -0.3 is 10.3 Å². The van der Waals surface area contributed by atoms with Gasteiger partial charge in [0.25, 0.3) is 0 Å². The predicted molar refractivity (Wildman–Crippen MR) is 65.0 cm³/mol. The van der Waals surface area contributed by atoms with Crippen LogP contribution in [0.1, 0.15) is 25.6 Å². The summed E-state index contributed by atoms with van der Waals surface area (Å²) in [6.07, 6.45) is 4.58. The third-order valence-electron chi connectivity index (χ3n) is 2.67. The van der Waals surface area contributed by atoms with Crippen molar-refractivity contribution in [2.75, 3.05) is 5.73 Å². The molecule has 0 aliphatic heterocycles. The molecule has 2 aromatic rings. The predicted octanol–water partition coefficient (Wildman–Crippen LogP) is 1.20. The normalized spacial score (nSPS) is 11.1. The van der Waals surface area contributed by atoms with E-state index in [9.17, 15) is 10.1 Å². The molecule has 2 aromatic heterocycles. The summed E-state index contributed by atoms with van der Waals surface area (Å²) in [6, 6.07) is 0.259. The number of nitrogens with zero attached hydrogens (tertiary/aromatic N) is 5. The fourth-order valence-electron chi connectivity index (χ4n) is 1.72. The van der Waals surface area contributed by atoms with Crippen LogP contribution in [0.4, 0.5) is 11.5 Å². The molecule has 0 atom stereocenters. The van der Waals surface area contributed by atoms with E-state index in [1.54, 1.807) is 12.5 Å². The fourth-order valence-corrected chi connectivity index (χ4v) is 1.72. The molecule has 96 valence electrons. The van der Waals surface area contributed by atoms with Gasteiger partial charge in [-0.25, -0.2) is 9.67 Å². The average molecular weight is 250 g/mol. The maximum absolute atomic E-state index is 10.7. The van der Waals surface area contributed by atoms with E-state index >= 15 is 0 Å². The number of anilines is 1.